The van der Waals surface area contributed by atoms with Crippen LogP contribution in [0.15, 0.2) is 54.7 Å². The maximum Gasteiger partial charge on any atom is 0.308 e. The van der Waals surface area contributed by atoms with Crippen LogP contribution in [0.3, 0.4) is 0 Å². The minimum atomic E-state index is -0.715. The van der Waals surface area contributed by atoms with E-state index in [1.807, 2.05) is 48.7 Å². The van der Waals surface area contributed by atoms with Crippen molar-refractivity contribution in [2.24, 2.45) is 11.8 Å². The Morgan fingerprint density at radius 1 is 1.26 bits per heavy atom. The van der Waals surface area contributed by atoms with Gasteiger partial charge >= 0.3 is 5.97 Å². The van der Waals surface area contributed by atoms with Crippen molar-refractivity contribution in [1.29, 1.82) is 0 Å². The van der Waals surface area contributed by atoms with Crippen molar-refractivity contribution in [3.63, 3.8) is 0 Å². The fraction of sp³-hybridized carbons (Fsp3) is 0.357. The van der Waals surface area contributed by atoms with Crippen LogP contribution in [0.1, 0.15) is 30.4 Å². The van der Waals surface area contributed by atoms with Gasteiger partial charge in [0, 0.05) is 23.7 Å². The number of piperidine rings is 1. The number of aromatic nitrogens is 1. The lowest BCUT2D eigenvalue weighted by molar-refractivity contribution is -0.146. The Kier molecular flexibility index (Phi) is 8.05. The summed E-state index contributed by atoms with van der Waals surface area (Å²) in [5, 5.41) is 11.6. The number of hydrogen-bond acceptors (Lipinski definition) is 4. The maximum absolute atomic E-state index is 12.0. The number of likely N-dealkylation sites (tertiary alicyclic amines) is 1. The largest absolute Gasteiger partial charge is 0.497 e. The topological polar surface area (TPSA) is 62.7 Å². The Morgan fingerprint density at radius 2 is 2.12 bits per heavy atom. The number of carbonyl (C=O) groups is 1. The third-order valence-electron chi connectivity index (χ3n) is 6.62. The smallest absolute Gasteiger partial charge is 0.308 e. The number of nitrogens with zero attached hydrogens (tertiary/aromatic N) is 2. The molecule has 0 amide bonds. The molecule has 1 fully saturated rings. The number of pyridine rings is 1. The Balaban J connectivity index is 1.34. The Morgan fingerprint density at radius 3 is 2.91 bits per heavy atom. The van der Waals surface area contributed by atoms with Crippen molar-refractivity contribution < 1.29 is 14.6 Å². The molecule has 2 aromatic carbocycles. The fourth-order valence-electron chi connectivity index (χ4n) is 4.73. The Bertz CT molecular complexity index is 1220. The molecule has 0 radical (unpaired) electrons. The quantitative estimate of drug-likeness (QED) is 0.469. The van der Waals surface area contributed by atoms with E-state index in [1.165, 1.54) is 5.56 Å². The highest BCUT2D eigenvalue weighted by Gasteiger charge is 2.33. The van der Waals surface area contributed by atoms with Gasteiger partial charge in [-0.3, -0.25) is 14.7 Å². The number of benzene rings is 2. The molecule has 5 nitrogen and oxygen atoms in total. The summed E-state index contributed by atoms with van der Waals surface area (Å²) in [4.78, 5) is 18.6. The van der Waals surface area contributed by atoms with Crippen LogP contribution in [0.5, 0.6) is 5.75 Å². The molecule has 0 spiro atoms. The van der Waals surface area contributed by atoms with Crippen LogP contribution < -0.4 is 4.74 Å². The predicted octanol–water partition coefficient (Wildman–Crippen LogP) is 5.29. The molecule has 1 aromatic heterocycles. The van der Waals surface area contributed by atoms with Gasteiger partial charge in [-0.05, 0) is 80.1 Å². The summed E-state index contributed by atoms with van der Waals surface area (Å²) in [6.07, 6.45) is 5.44. The molecule has 176 valence electrons. The number of carboxylic acid groups (broad SMARTS) is 1. The van der Waals surface area contributed by atoms with E-state index in [0.29, 0.717) is 18.1 Å². The lowest BCUT2D eigenvalue weighted by Crippen LogP contribution is -2.44. The van der Waals surface area contributed by atoms with Crippen molar-refractivity contribution in [1.82, 2.24) is 9.88 Å². The molecule has 2 heterocycles. The van der Waals surface area contributed by atoms with Crippen LogP contribution in [-0.2, 0) is 11.2 Å². The number of carboxylic acids is 1. The first kappa shape index (κ1) is 24.1. The third kappa shape index (κ3) is 5.88. The van der Waals surface area contributed by atoms with Crippen LogP contribution >= 0.6 is 11.6 Å². The number of aryl methyl sites for hydroxylation is 1. The van der Waals surface area contributed by atoms with Gasteiger partial charge in [-0.25, -0.2) is 0 Å². The van der Waals surface area contributed by atoms with E-state index < -0.39 is 5.97 Å². The van der Waals surface area contributed by atoms with E-state index in [0.717, 1.165) is 54.4 Å². The minimum Gasteiger partial charge on any atom is -0.497 e. The summed E-state index contributed by atoms with van der Waals surface area (Å²) >= 11 is 6.17. The lowest BCUT2D eigenvalue weighted by atomic mass is 9.81. The average molecular weight is 477 g/mol. The molecule has 0 unspecified atom stereocenters. The molecule has 1 N–H and O–H groups in total. The second-order valence-electron chi connectivity index (χ2n) is 8.76. The molecule has 4 rings (SSSR count). The molecule has 0 bridgehead atoms. The fourth-order valence-corrected chi connectivity index (χ4v) is 4.91. The summed E-state index contributed by atoms with van der Waals surface area (Å²) < 4.78 is 5.37. The van der Waals surface area contributed by atoms with Gasteiger partial charge in [0.2, 0.25) is 0 Å². The normalized spacial score (nSPS) is 18.3. The van der Waals surface area contributed by atoms with Crippen molar-refractivity contribution >= 4 is 28.5 Å². The van der Waals surface area contributed by atoms with Gasteiger partial charge in [0.1, 0.15) is 5.75 Å². The molecule has 3 aromatic rings. The summed E-state index contributed by atoms with van der Waals surface area (Å²) in [5.41, 5.74) is 2.98. The Labute approximate surface area is 205 Å². The van der Waals surface area contributed by atoms with Crippen LogP contribution in [0.2, 0.25) is 5.02 Å². The molecular formula is C28H29ClN2O3. The van der Waals surface area contributed by atoms with Crippen LogP contribution in [0.4, 0.5) is 0 Å². The van der Waals surface area contributed by atoms with E-state index in [4.69, 9.17) is 16.3 Å². The van der Waals surface area contributed by atoms with Crippen molar-refractivity contribution in [3.8, 4) is 17.6 Å². The van der Waals surface area contributed by atoms with Gasteiger partial charge < -0.3 is 9.84 Å². The van der Waals surface area contributed by atoms with Gasteiger partial charge in [0.05, 0.1) is 30.1 Å². The number of fused-ring (bicyclic) bond motifs is 1. The van der Waals surface area contributed by atoms with E-state index in [2.05, 4.69) is 27.8 Å². The molecule has 0 saturated carbocycles. The highest BCUT2D eigenvalue weighted by molar-refractivity contribution is 6.31. The third-order valence-corrected chi connectivity index (χ3v) is 6.95. The average Bonchev–Trinajstić information content (AvgIpc) is 2.85. The van der Waals surface area contributed by atoms with Gasteiger partial charge in [0.25, 0.3) is 0 Å². The highest BCUT2D eigenvalue weighted by Crippen LogP contribution is 2.30. The molecule has 6 heteroatoms. The van der Waals surface area contributed by atoms with Gasteiger partial charge in [-0.2, -0.15) is 0 Å². The minimum absolute atomic E-state index is 0.174. The molecular weight excluding hydrogens is 448 g/mol. The molecule has 34 heavy (non-hydrogen) atoms. The lowest BCUT2D eigenvalue weighted by Gasteiger charge is -2.35. The summed E-state index contributed by atoms with van der Waals surface area (Å²) in [6, 6.07) is 15.5. The van der Waals surface area contributed by atoms with E-state index in [-0.39, 0.29) is 11.8 Å². The number of methoxy groups -OCH3 is 1. The van der Waals surface area contributed by atoms with Crippen LogP contribution in [0.25, 0.3) is 10.9 Å². The second-order valence-corrected chi connectivity index (χ2v) is 9.16. The standard InChI is InChI=1S/C28H29ClN2O3/c1-34-23-11-12-27-24(18-23)20(13-15-30-27)7-4-8-21-14-17-31(19-25(21)28(32)33)16-5-9-22-6-2-3-10-26(22)29/h2-3,6,10-13,15,18,21,25H,4,7-8,14,16-17,19H2,1H3,(H,32,33)/t21-,25+/m1/s1. The second kappa shape index (κ2) is 11.4. The first-order chi connectivity index (χ1) is 16.5. The first-order valence-electron chi connectivity index (χ1n) is 11.7. The first-order valence-corrected chi connectivity index (χ1v) is 12.0. The van der Waals surface area contributed by atoms with Crippen molar-refractivity contribution in [3.05, 3.63) is 70.9 Å². The van der Waals surface area contributed by atoms with Gasteiger partial charge in [-0.15, -0.1) is 0 Å². The monoisotopic (exact) mass is 476 g/mol. The molecule has 1 aliphatic rings. The SMILES string of the molecule is COc1ccc2nccc(CCC[C@@H]3CCN(CC#Cc4ccccc4Cl)C[C@@H]3C(=O)O)c2c1. The van der Waals surface area contributed by atoms with E-state index in [1.54, 1.807) is 7.11 Å². The predicted molar refractivity (Wildman–Crippen MR) is 135 cm³/mol. The number of halogens is 1. The number of ether oxygens (including phenoxy) is 1. The molecule has 1 saturated heterocycles. The molecule has 0 aliphatic carbocycles. The summed E-state index contributed by atoms with van der Waals surface area (Å²) in [6.45, 7) is 1.94. The van der Waals surface area contributed by atoms with Crippen LogP contribution in [0, 0.1) is 23.7 Å². The zero-order valence-electron chi connectivity index (χ0n) is 19.3. The molecule has 2 atom stereocenters. The highest BCUT2D eigenvalue weighted by atomic mass is 35.5. The summed E-state index contributed by atoms with van der Waals surface area (Å²) in [5.74, 6) is 6.17. The zero-order valence-corrected chi connectivity index (χ0v) is 20.1. The number of rotatable bonds is 7. The summed E-state index contributed by atoms with van der Waals surface area (Å²) in [7, 11) is 1.66. The zero-order chi connectivity index (χ0) is 23.9. The van der Waals surface area contributed by atoms with Crippen molar-refractivity contribution in [2.45, 2.75) is 25.7 Å². The van der Waals surface area contributed by atoms with Crippen molar-refractivity contribution in [2.75, 3.05) is 26.7 Å². The number of aliphatic carboxylic acids is 1. The van der Waals surface area contributed by atoms with E-state index in [9.17, 15) is 9.90 Å². The van der Waals surface area contributed by atoms with Gasteiger partial charge in [0.15, 0.2) is 0 Å². The maximum atomic E-state index is 12.0. The van der Waals surface area contributed by atoms with Crippen LogP contribution in [-0.4, -0.2) is 47.7 Å². The number of hydrogen-bond donors (Lipinski definition) is 1. The Hall–Kier alpha value is -3.07. The molecule has 1 aliphatic heterocycles. The van der Waals surface area contributed by atoms with E-state index >= 15 is 0 Å². The van der Waals surface area contributed by atoms with Gasteiger partial charge in [-0.1, -0.05) is 35.6 Å².